The summed E-state index contributed by atoms with van der Waals surface area (Å²) in [7, 11) is 2.00. The molecule has 0 spiro atoms. The zero-order valence-corrected chi connectivity index (χ0v) is 17.0. The molecule has 2 saturated heterocycles. The molecule has 0 radical (unpaired) electrons. The summed E-state index contributed by atoms with van der Waals surface area (Å²) < 4.78 is 8.01. The molecule has 30 heavy (non-hydrogen) atoms. The van der Waals surface area contributed by atoms with Crippen LogP contribution in [-0.4, -0.2) is 47.1 Å². The first-order valence-corrected chi connectivity index (χ1v) is 10.4. The quantitative estimate of drug-likeness (QED) is 0.730. The van der Waals surface area contributed by atoms with Crippen molar-refractivity contribution in [1.82, 2.24) is 14.8 Å². The van der Waals surface area contributed by atoms with E-state index in [9.17, 15) is 9.59 Å². The molecule has 2 amide bonds. The van der Waals surface area contributed by atoms with E-state index in [1.165, 1.54) is 0 Å². The number of hydrogen-bond acceptors (Lipinski definition) is 3. The summed E-state index contributed by atoms with van der Waals surface area (Å²) >= 11 is 0. The minimum absolute atomic E-state index is 0.0323. The number of carbonyl (C=O) groups excluding carboxylic acids is 2. The predicted octanol–water partition coefficient (Wildman–Crippen LogP) is 2.36. The monoisotopic (exact) mass is 403 g/mol. The van der Waals surface area contributed by atoms with Crippen molar-refractivity contribution < 1.29 is 14.3 Å². The highest BCUT2D eigenvalue weighted by molar-refractivity contribution is 5.89. The van der Waals surface area contributed by atoms with Crippen LogP contribution in [0.2, 0.25) is 0 Å². The van der Waals surface area contributed by atoms with Crippen LogP contribution in [0.3, 0.4) is 0 Å². The number of aromatic nitrogens is 1. The SMILES string of the molecule is Cn1cc(CC(=O)N2CC[C@@]3(c4ccccc4)NC(=O)CO[C@@H]3C2)c2ccccc21. The van der Waals surface area contributed by atoms with Gasteiger partial charge in [-0.1, -0.05) is 48.5 Å². The molecule has 154 valence electrons. The van der Waals surface area contributed by atoms with E-state index in [0.29, 0.717) is 25.9 Å². The Morgan fingerprint density at radius 2 is 1.93 bits per heavy atom. The Kier molecular flexibility index (Phi) is 4.59. The summed E-state index contributed by atoms with van der Waals surface area (Å²) in [5.41, 5.74) is 2.62. The van der Waals surface area contributed by atoms with Gasteiger partial charge in [0.25, 0.3) is 0 Å². The van der Waals surface area contributed by atoms with Gasteiger partial charge in [-0.25, -0.2) is 0 Å². The van der Waals surface area contributed by atoms with Crippen molar-refractivity contribution in [2.45, 2.75) is 24.5 Å². The third kappa shape index (κ3) is 3.08. The number of nitrogens with zero attached hydrogens (tertiary/aromatic N) is 2. The number of para-hydroxylation sites is 1. The number of morpholine rings is 1. The molecule has 2 aromatic carbocycles. The zero-order valence-electron chi connectivity index (χ0n) is 17.0. The highest BCUT2D eigenvalue weighted by atomic mass is 16.5. The van der Waals surface area contributed by atoms with E-state index in [0.717, 1.165) is 22.0 Å². The van der Waals surface area contributed by atoms with Gasteiger partial charge < -0.3 is 19.5 Å². The first kappa shape index (κ1) is 18.9. The van der Waals surface area contributed by atoms with E-state index in [2.05, 4.69) is 22.0 Å². The van der Waals surface area contributed by atoms with Crippen LogP contribution >= 0.6 is 0 Å². The van der Waals surface area contributed by atoms with Crippen molar-refractivity contribution in [2.75, 3.05) is 19.7 Å². The predicted molar refractivity (Wildman–Crippen MR) is 114 cm³/mol. The number of rotatable bonds is 3. The lowest BCUT2D eigenvalue weighted by atomic mass is 9.77. The van der Waals surface area contributed by atoms with Crippen LogP contribution in [0, 0.1) is 0 Å². The van der Waals surface area contributed by atoms with Gasteiger partial charge in [0, 0.05) is 37.2 Å². The van der Waals surface area contributed by atoms with Gasteiger partial charge in [0.15, 0.2) is 0 Å². The van der Waals surface area contributed by atoms with Crippen LogP contribution in [0.15, 0.2) is 60.8 Å². The standard InChI is InChI=1S/C24H25N3O3/c1-26-14-17(19-9-5-6-10-20(19)26)13-23(29)27-12-11-24(18-7-3-2-4-8-18)21(15-27)30-16-22(28)25-24/h2-10,14,21H,11-13,15-16H2,1H3,(H,25,28)/t21-,24+/m1/s1. The summed E-state index contributed by atoms with van der Waals surface area (Å²) in [6.07, 6.45) is 2.77. The normalized spacial score (nSPS) is 23.8. The average Bonchev–Trinajstić information content (AvgIpc) is 3.09. The van der Waals surface area contributed by atoms with Gasteiger partial charge in [-0.2, -0.15) is 0 Å². The van der Waals surface area contributed by atoms with Crippen LogP contribution in [-0.2, 0) is 33.3 Å². The Morgan fingerprint density at radius 3 is 2.77 bits per heavy atom. The molecule has 6 nitrogen and oxygen atoms in total. The fourth-order valence-corrected chi connectivity index (χ4v) is 4.92. The molecule has 0 aliphatic carbocycles. The minimum Gasteiger partial charge on any atom is -0.364 e. The van der Waals surface area contributed by atoms with Gasteiger partial charge in [0.1, 0.15) is 12.7 Å². The summed E-state index contributed by atoms with van der Waals surface area (Å²) in [4.78, 5) is 27.2. The molecular formula is C24H25N3O3. The second-order valence-corrected chi connectivity index (χ2v) is 8.23. The number of nitrogens with one attached hydrogen (secondary N) is 1. The number of amides is 2. The Bertz CT molecular complexity index is 1110. The smallest absolute Gasteiger partial charge is 0.246 e. The molecule has 3 heterocycles. The maximum atomic E-state index is 13.2. The first-order chi connectivity index (χ1) is 14.6. The number of fused-ring (bicyclic) bond motifs is 2. The van der Waals surface area contributed by atoms with Gasteiger partial charge in [-0.05, 0) is 23.6 Å². The van der Waals surface area contributed by atoms with Crippen molar-refractivity contribution >= 4 is 22.7 Å². The van der Waals surface area contributed by atoms with Crippen molar-refractivity contribution in [1.29, 1.82) is 0 Å². The number of likely N-dealkylation sites (tertiary alicyclic amines) is 1. The highest BCUT2D eigenvalue weighted by Gasteiger charge is 2.49. The number of aryl methyl sites for hydroxylation is 1. The van der Waals surface area contributed by atoms with Crippen molar-refractivity contribution in [3.8, 4) is 0 Å². The van der Waals surface area contributed by atoms with E-state index in [4.69, 9.17) is 4.74 Å². The van der Waals surface area contributed by atoms with E-state index >= 15 is 0 Å². The summed E-state index contributed by atoms with van der Waals surface area (Å²) in [5, 5.41) is 4.30. The van der Waals surface area contributed by atoms with Gasteiger partial charge >= 0.3 is 0 Å². The molecule has 1 aromatic heterocycles. The maximum absolute atomic E-state index is 13.2. The fourth-order valence-electron chi connectivity index (χ4n) is 4.92. The van der Waals surface area contributed by atoms with Gasteiger partial charge in [-0.15, -0.1) is 0 Å². The van der Waals surface area contributed by atoms with Crippen LogP contribution in [0.4, 0.5) is 0 Å². The lowest BCUT2D eigenvalue weighted by Gasteiger charge is -2.50. The highest BCUT2D eigenvalue weighted by Crippen LogP contribution is 2.37. The van der Waals surface area contributed by atoms with E-state index in [1.54, 1.807) is 0 Å². The Hall–Kier alpha value is -3.12. The van der Waals surface area contributed by atoms with Crippen molar-refractivity contribution in [3.05, 3.63) is 71.9 Å². The van der Waals surface area contributed by atoms with E-state index in [1.807, 2.05) is 60.6 Å². The topological polar surface area (TPSA) is 63.6 Å². The molecule has 5 rings (SSSR count). The number of benzene rings is 2. The third-order valence-corrected chi connectivity index (χ3v) is 6.45. The average molecular weight is 403 g/mol. The molecular weight excluding hydrogens is 378 g/mol. The molecule has 2 atom stereocenters. The Labute approximate surface area is 175 Å². The Morgan fingerprint density at radius 1 is 1.17 bits per heavy atom. The Balaban J connectivity index is 1.38. The van der Waals surface area contributed by atoms with Gasteiger partial charge in [-0.3, -0.25) is 9.59 Å². The largest absolute Gasteiger partial charge is 0.364 e. The molecule has 2 aliphatic heterocycles. The molecule has 2 fully saturated rings. The second-order valence-electron chi connectivity index (χ2n) is 8.23. The number of hydrogen-bond donors (Lipinski definition) is 1. The summed E-state index contributed by atoms with van der Waals surface area (Å²) in [6, 6.07) is 18.1. The van der Waals surface area contributed by atoms with Crippen LogP contribution < -0.4 is 5.32 Å². The van der Waals surface area contributed by atoms with Crippen LogP contribution in [0.5, 0.6) is 0 Å². The molecule has 0 bridgehead atoms. The molecule has 1 N–H and O–H groups in total. The lowest BCUT2D eigenvalue weighted by molar-refractivity contribution is -0.157. The van der Waals surface area contributed by atoms with Gasteiger partial charge in [0.2, 0.25) is 11.8 Å². The third-order valence-electron chi connectivity index (χ3n) is 6.45. The second kappa shape index (κ2) is 7.29. The molecule has 6 heteroatoms. The lowest BCUT2D eigenvalue weighted by Crippen LogP contribution is -2.67. The van der Waals surface area contributed by atoms with Crippen molar-refractivity contribution in [3.63, 3.8) is 0 Å². The van der Waals surface area contributed by atoms with Crippen LogP contribution in [0.1, 0.15) is 17.5 Å². The molecule has 0 unspecified atom stereocenters. The zero-order chi connectivity index (χ0) is 20.7. The molecule has 2 aliphatic rings. The number of piperidine rings is 1. The van der Waals surface area contributed by atoms with E-state index in [-0.39, 0.29) is 24.5 Å². The number of ether oxygens (including phenoxy) is 1. The van der Waals surface area contributed by atoms with Crippen molar-refractivity contribution in [2.24, 2.45) is 7.05 Å². The molecule has 3 aromatic rings. The summed E-state index contributed by atoms with van der Waals surface area (Å²) in [6.45, 7) is 1.09. The van der Waals surface area contributed by atoms with Crippen LogP contribution in [0.25, 0.3) is 10.9 Å². The first-order valence-electron chi connectivity index (χ1n) is 10.4. The number of carbonyl (C=O) groups is 2. The fraction of sp³-hybridized carbons (Fsp3) is 0.333. The minimum atomic E-state index is -0.577. The molecule has 0 saturated carbocycles. The summed E-state index contributed by atoms with van der Waals surface area (Å²) in [5.74, 6) is -0.0147. The van der Waals surface area contributed by atoms with Gasteiger partial charge in [0.05, 0.1) is 12.0 Å². The van der Waals surface area contributed by atoms with E-state index < -0.39 is 5.54 Å². The maximum Gasteiger partial charge on any atom is 0.246 e.